The Hall–Kier alpha value is -0.0800. The Bertz CT molecular complexity index is 139. The average molecular weight is 168 g/mol. The summed E-state index contributed by atoms with van der Waals surface area (Å²) in [6.45, 7) is 0.834. The summed E-state index contributed by atoms with van der Waals surface area (Å²) in [6.07, 6.45) is 8.41. The first kappa shape index (κ1) is 8.52. The second-order valence-corrected chi connectivity index (χ2v) is 4.33. The van der Waals surface area contributed by atoms with Crippen molar-refractivity contribution in [2.75, 3.05) is 6.54 Å². The van der Waals surface area contributed by atoms with Gasteiger partial charge < -0.3 is 11.1 Å². The Balaban J connectivity index is 1.73. The van der Waals surface area contributed by atoms with E-state index in [1.54, 1.807) is 0 Å². The minimum atomic E-state index is 0.629. The highest BCUT2D eigenvalue weighted by Gasteiger charge is 2.29. The van der Waals surface area contributed by atoms with Crippen LogP contribution in [-0.4, -0.2) is 18.6 Å². The van der Waals surface area contributed by atoms with Gasteiger partial charge in [-0.05, 0) is 31.6 Å². The summed E-state index contributed by atoms with van der Waals surface area (Å²) in [7, 11) is 0. The molecule has 0 bridgehead atoms. The quantitative estimate of drug-likeness (QED) is 0.663. The first-order valence-electron chi connectivity index (χ1n) is 5.36. The molecule has 1 unspecified atom stereocenters. The van der Waals surface area contributed by atoms with E-state index in [4.69, 9.17) is 5.73 Å². The van der Waals surface area contributed by atoms with E-state index in [0.29, 0.717) is 6.04 Å². The third kappa shape index (κ3) is 1.64. The molecule has 2 rings (SSSR count). The maximum atomic E-state index is 5.75. The van der Waals surface area contributed by atoms with Crippen molar-refractivity contribution in [2.24, 2.45) is 11.7 Å². The van der Waals surface area contributed by atoms with Crippen LogP contribution in [0.4, 0.5) is 0 Å². The van der Waals surface area contributed by atoms with Crippen molar-refractivity contribution in [3.05, 3.63) is 0 Å². The molecule has 0 aliphatic heterocycles. The Morgan fingerprint density at radius 3 is 2.17 bits per heavy atom. The number of nitrogens with one attached hydrogen (secondary N) is 1. The van der Waals surface area contributed by atoms with Crippen LogP contribution in [0.1, 0.15) is 38.5 Å². The molecule has 12 heavy (non-hydrogen) atoms. The van der Waals surface area contributed by atoms with Crippen molar-refractivity contribution in [2.45, 2.75) is 50.6 Å². The molecule has 0 amide bonds. The molecule has 2 fully saturated rings. The predicted octanol–water partition coefficient (Wildman–Crippen LogP) is 1.26. The third-order valence-electron chi connectivity index (χ3n) is 3.53. The van der Waals surface area contributed by atoms with Crippen LogP contribution in [0.25, 0.3) is 0 Å². The van der Waals surface area contributed by atoms with Crippen molar-refractivity contribution < 1.29 is 0 Å². The summed E-state index contributed by atoms with van der Waals surface area (Å²) >= 11 is 0. The highest BCUT2D eigenvalue weighted by Crippen LogP contribution is 2.30. The molecule has 0 radical (unpaired) electrons. The van der Waals surface area contributed by atoms with Gasteiger partial charge in [-0.2, -0.15) is 0 Å². The van der Waals surface area contributed by atoms with E-state index >= 15 is 0 Å². The molecule has 0 spiro atoms. The van der Waals surface area contributed by atoms with Crippen molar-refractivity contribution in [1.82, 2.24) is 5.32 Å². The maximum absolute atomic E-state index is 5.75. The van der Waals surface area contributed by atoms with Crippen LogP contribution in [0.3, 0.4) is 0 Å². The smallest absolute Gasteiger partial charge is 0.0221 e. The molecule has 2 nitrogen and oxygen atoms in total. The number of rotatable bonds is 4. The predicted molar refractivity (Wildman–Crippen MR) is 51.0 cm³/mol. The lowest BCUT2D eigenvalue weighted by molar-refractivity contribution is 0.193. The lowest BCUT2D eigenvalue weighted by Gasteiger charge is -2.38. The van der Waals surface area contributed by atoms with Crippen LogP contribution in [0.15, 0.2) is 0 Å². The second-order valence-electron chi connectivity index (χ2n) is 4.33. The van der Waals surface area contributed by atoms with E-state index in [0.717, 1.165) is 18.5 Å². The van der Waals surface area contributed by atoms with E-state index in [1.165, 1.54) is 38.5 Å². The van der Waals surface area contributed by atoms with Gasteiger partial charge >= 0.3 is 0 Å². The van der Waals surface area contributed by atoms with E-state index in [9.17, 15) is 0 Å². The van der Waals surface area contributed by atoms with Crippen LogP contribution in [-0.2, 0) is 0 Å². The van der Waals surface area contributed by atoms with Gasteiger partial charge in [-0.1, -0.05) is 12.8 Å². The molecule has 0 aromatic carbocycles. The molecule has 0 aromatic rings. The number of hydrogen-bond acceptors (Lipinski definition) is 2. The van der Waals surface area contributed by atoms with Crippen molar-refractivity contribution >= 4 is 0 Å². The largest absolute Gasteiger partial charge is 0.329 e. The molecule has 2 heteroatoms. The standard InChI is InChI=1S/C10H20N2/c11-7-10(8-3-1-4-8)12-9-5-2-6-9/h8-10,12H,1-7,11H2. The third-order valence-corrected chi connectivity index (χ3v) is 3.53. The average Bonchev–Trinajstić information content (AvgIpc) is 1.89. The van der Waals surface area contributed by atoms with E-state index in [1.807, 2.05) is 0 Å². The molecule has 2 aliphatic rings. The highest BCUT2D eigenvalue weighted by molar-refractivity contribution is 4.88. The van der Waals surface area contributed by atoms with Crippen molar-refractivity contribution in [3.8, 4) is 0 Å². The molecule has 1 atom stereocenters. The van der Waals surface area contributed by atoms with Crippen molar-refractivity contribution in [3.63, 3.8) is 0 Å². The van der Waals surface area contributed by atoms with E-state index in [2.05, 4.69) is 5.32 Å². The first-order chi connectivity index (χ1) is 5.90. The van der Waals surface area contributed by atoms with E-state index in [-0.39, 0.29) is 0 Å². The van der Waals surface area contributed by atoms with Gasteiger partial charge in [0.15, 0.2) is 0 Å². The molecular weight excluding hydrogens is 148 g/mol. The molecule has 3 N–H and O–H groups in total. The van der Waals surface area contributed by atoms with Gasteiger partial charge in [0.2, 0.25) is 0 Å². The summed E-state index contributed by atoms with van der Waals surface area (Å²) in [5.41, 5.74) is 5.75. The Morgan fingerprint density at radius 1 is 1.17 bits per heavy atom. The Labute approximate surface area is 74.9 Å². The van der Waals surface area contributed by atoms with Gasteiger partial charge in [0.1, 0.15) is 0 Å². The fraction of sp³-hybridized carbons (Fsp3) is 1.00. The van der Waals surface area contributed by atoms with Gasteiger partial charge in [0.25, 0.3) is 0 Å². The monoisotopic (exact) mass is 168 g/mol. The van der Waals surface area contributed by atoms with Crippen LogP contribution >= 0.6 is 0 Å². The topological polar surface area (TPSA) is 38.0 Å². The fourth-order valence-electron chi connectivity index (χ4n) is 2.12. The van der Waals surface area contributed by atoms with Gasteiger partial charge in [0.05, 0.1) is 0 Å². The molecular formula is C10H20N2. The van der Waals surface area contributed by atoms with Gasteiger partial charge in [-0.15, -0.1) is 0 Å². The number of nitrogens with two attached hydrogens (primary N) is 1. The second kappa shape index (κ2) is 3.75. The molecule has 2 saturated carbocycles. The summed E-state index contributed by atoms with van der Waals surface area (Å²) in [4.78, 5) is 0. The summed E-state index contributed by atoms with van der Waals surface area (Å²) in [5.74, 6) is 0.899. The summed E-state index contributed by atoms with van der Waals surface area (Å²) in [6, 6.07) is 1.43. The molecule has 0 heterocycles. The normalized spacial score (nSPS) is 27.8. The summed E-state index contributed by atoms with van der Waals surface area (Å²) < 4.78 is 0. The first-order valence-corrected chi connectivity index (χ1v) is 5.36. The fourth-order valence-corrected chi connectivity index (χ4v) is 2.12. The van der Waals surface area contributed by atoms with Crippen LogP contribution in [0.5, 0.6) is 0 Å². The molecule has 0 aromatic heterocycles. The minimum Gasteiger partial charge on any atom is -0.329 e. The lowest BCUT2D eigenvalue weighted by atomic mass is 9.78. The lowest BCUT2D eigenvalue weighted by Crippen LogP contribution is -2.51. The number of hydrogen-bond donors (Lipinski definition) is 2. The zero-order chi connectivity index (χ0) is 8.39. The van der Waals surface area contributed by atoms with Crippen LogP contribution in [0, 0.1) is 5.92 Å². The van der Waals surface area contributed by atoms with Crippen LogP contribution in [0.2, 0.25) is 0 Å². The molecule has 0 saturated heterocycles. The maximum Gasteiger partial charge on any atom is 0.0221 e. The van der Waals surface area contributed by atoms with Crippen molar-refractivity contribution in [1.29, 1.82) is 0 Å². The van der Waals surface area contributed by atoms with E-state index < -0.39 is 0 Å². The van der Waals surface area contributed by atoms with Gasteiger partial charge in [-0.3, -0.25) is 0 Å². The van der Waals surface area contributed by atoms with Gasteiger partial charge in [-0.25, -0.2) is 0 Å². The molecule has 2 aliphatic carbocycles. The Morgan fingerprint density at radius 2 is 1.83 bits per heavy atom. The van der Waals surface area contributed by atoms with Gasteiger partial charge in [0, 0.05) is 18.6 Å². The Kier molecular flexibility index (Phi) is 2.66. The molecule has 70 valence electrons. The minimum absolute atomic E-state index is 0.629. The SMILES string of the molecule is NCC(NC1CCC1)C1CCC1. The highest BCUT2D eigenvalue weighted by atomic mass is 15.0. The zero-order valence-electron chi connectivity index (χ0n) is 7.76. The zero-order valence-corrected chi connectivity index (χ0v) is 7.76. The summed E-state index contributed by atoms with van der Waals surface area (Å²) in [5, 5.41) is 3.68. The van der Waals surface area contributed by atoms with Crippen LogP contribution < -0.4 is 11.1 Å².